The van der Waals surface area contributed by atoms with Gasteiger partial charge in [0, 0.05) is 18.9 Å². The highest BCUT2D eigenvalue weighted by Gasteiger charge is 2.46. The number of para-hydroxylation sites is 1. The minimum absolute atomic E-state index is 0.274. The Morgan fingerprint density at radius 2 is 1.97 bits per heavy atom. The van der Waals surface area contributed by atoms with E-state index in [0.29, 0.717) is 10.9 Å². The van der Waals surface area contributed by atoms with Crippen molar-refractivity contribution < 1.29 is 5.11 Å². The van der Waals surface area contributed by atoms with Gasteiger partial charge in [0.05, 0.1) is 16.1 Å². The molecule has 2 N–H and O–H groups in total. The molecule has 0 unspecified atom stereocenters. The Balaban J connectivity index is 1.13. The van der Waals surface area contributed by atoms with Crippen molar-refractivity contribution in [3.05, 3.63) is 71.0 Å². The van der Waals surface area contributed by atoms with E-state index in [2.05, 4.69) is 58.3 Å². The minimum atomic E-state index is -0.565. The van der Waals surface area contributed by atoms with E-state index in [4.69, 9.17) is 11.6 Å². The lowest BCUT2D eigenvalue weighted by atomic mass is 9.61. The summed E-state index contributed by atoms with van der Waals surface area (Å²) in [7, 11) is 2.16. The molecule has 3 aliphatic carbocycles. The minimum Gasteiger partial charge on any atom is -0.389 e. The molecule has 0 amide bonds. The second-order valence-corrected chi connectivity index (χ2v) is 10.1. The van der Waals surface area contributed by atoms with Gasteiger partial charge in [-0.15, -0.1) is 0 Å². The summed E-state index contributed by atoms with van der Waals surface area (Å²) in [5.41, 5.74) is 4.07. The van der Waals surface area contributed by atoms with E-state index < -0.39 is 5.60 Å². The van der Waals surface area contributed by atoms with Gasteiger partial charge in [-0.1, -0.05) is 54.1 Å². The van der Waals surface area contributed by atoms with Gasteiger partial charge in [0.25, 0.3) is 0 Å². The zero-order chi connectivity index (χ0) is 22.1. The van der Waals surface area contributed by atoms with Crippen molar-refractivity contribution in [1.29, 1.82) is 0 Å². The van der Waals surface area contributed by atoms with Crippen molar-refractivity contribution >= 4 is 28.2 Å². The second kappa shape index (κ2) is 9.01. The van der Waals surface area contributed by atoms with Gasteiger partial charge in [-0.05, 0) is 74.9 Å². The molecule has 1 fully saturated rings. The van der Waals surface area contributed by atoms with Crippen LogP contribution in [0.2, 0.25) is 5.02 Å². The lowest BCUT2D eigenvalue weighted by Gasteiger charge is -2.48. The van der Waals surface area contributed by atoms with Crippen LogP contribution in [0.15, 0.2) is 54.6 Å². The Morgan fingerprint density at radius 3 is 2.72 bits per heavy atom. The van der Waals surface area contributed by atoms with Crippen LogP contribution in [0.3, 0.4) is 0 Å². The average Bonchev–Trinajstić information content (AvgIpc) is 3.23. The zero-order valence-electron chi connectivity index (χ0n) is 18.7. The maximum absolute atomic E-state index is 11.5. The van der Waals surface area contributed by atoms with Crippen molar-refractivity contribution in [2.24, 2.45) is 11.8 Å². The molecule has 4 nitrogen and oxygen atoms in total. The van der Waals surface area contributed by atoms with Crippen LogP contribution >= 0.6 is 11.6 Å². The highest BCUT2D eigenvalue weighted by atomic mass is 35.5. The quantitative estimate of drug-likeness (QED) is 0.462. The third-order valence-corrected chi connectivity index (χ3v) is 7.74. The first kappa shape index (κ1) is 21.7. The highest BCUT2D eigenvalue weighted by molar-refractivity contribution is 6.34. The van der Waals surface area contributed by atoms with Crippen LogP contribution in [0.4, 0.5) is 0 Å². The molecular formula is C27H32ClN3O. The molecule has 3 aliphatic rings. The normalized spacial score (nSPS) is 24.9. The van der Waals surface area contributed by atoms with E-state index in [0.717, 1.165) is 62.1 Å². The van der Waals surface area contributed by atoms with Crippen molar-refractivity contribution in [2.75, 3.05) is 20.1 Å². The Kier molecular flexibility index (Phi) is 6.11. The summed E-state index contributed by atoms with van der Waals surface area (Å²) in [6, 6.07) is 16.5. The van der Waals surface area contributed by atoms with E-state index in [1.165, 1.54) is 17.6 Å². The Bertz CT molecular complexity index is 1110. The summed E-state index contributed by atoms with van der Waals surface area (Å²) < 4.78 is 0. The largest absolute Gasteiger partial charge is 0.389 e. The molecule has 0 aliphatic heterocycles. The number of rotatable bonds is 8. The zero-order valence-corrected chi connectivity index (χ0v) is 19.5. The number of H-pyrrole nitrogens is 1. The SMILES string of the molecule is CN(CCCc1nc2c(Cl)cccc2[nH]1)CC[C@]1(O)C[C@H]2CC[C@@H]1C=C2c1ccccc1. The van der Waals surface area contributed by atoms with Crippen LogP contribution in [0.25, 0.3) is 16.6 Å². The molecule has 2 aromatic carbocycles. The first-order chi connectivity index (χ1) is 15.5. The van der Waals surface area contributed by atoms with Gasteiger partial charge in [-0.25, -0.2) is 4.98 Å². The van der Waals surface area contributed by atoms with E-state index in [1.807, 2.05) is 18.2 Å². The molecule has 1 heterocycles. The van der Waals surface area contributed by atoms with Gasteiger partial charge in [0.15, 0.2) is 0 Å². The molecule has 5 heteroatoms. The molecule has 0 radical (unpaired) electrons. The number of hydrogen-bond donors (Lipinski definition) is 2. The lowest BCUT2D eigenvalue weighted by Crippen LogP contribution is -2.48. The van der Waals surface area contributed by atoms with E-state index in [9.17, 15) is 5.11 Å². The number of halogens is 1. The number of imidazole rings is 1. The van der Waals surface area contributed by atoms with E-state index >= 15 is 0 Å². The fourth-order valence-electron chi connectivity index (χ4n) is 5.62. The van der Waals surface area contributed by atoms with Crippen molar-refractivity contribution in [3.63, 3.8) is 0 Å². The van der Waals surface area contributed by atoms with Crippen LogP contribution in [0.5, 0.6) is 0 Å². The number of nitrogens with one attached hydrogen (secondary N) is 1. The molecule has 1 aromatic heterocycles. The van der Waals surface area contributed by atoms with Crippen LogP contribution in [-0.4, -0.2) is 45.7 Å². The van der Waals surface area contributed by atoms with Crippen LogP contribution < -0.4 is 0 Å². The standard InChI is InChI=1S/C27H32ClN3O/c1-31(15-6-11-25-29-24-10-5-9-23(28)26(24)30-25)16-14-27(32)18-20-12-13-21(27)17-22(20)19-7-3-2-4-8-19/h2-5,7-10,17,20-21,32H,6,11-16,18H2,1H3,(H,29,30)/t20-,21-,27+/m1/s1. The van der Waals surface area contributed by atoms with Crippen LogP contribution in [0.1, 0.15) is 43.5 Å². The molecule has 0 saturated heterocycles. The summed E-state index contributed by atoms with van der Waals surface area (Å²) in [5, 5.41) is 12.2. The smallest absolute Gasteiger partial charge is 0.107 e. The van der Waals surface area contributed by atoms with Crippen molar-refractivity contribution in [3.8, 4) is 0 Å². The van der Waals surface area contributed by atoms with Gasteiger partial charge in [0.2, 0.25) is 0 Å². The average molecular weight is 450 g/mol. The summed E-state index contributed by atoms with van der Waals surface area (Å²) >= 11 is 6.24. The number of aromatic nitrogens is 2. The maximum atomic E-state index is 11.5. The molecule has 3 atom stereocenters. The van der Waals surface area contributed by atoms with Crippen LogP contribution in [-0.2, 0) is 6.42 Å². The fraction of sp³-hybridized carbons (Fsp3) is 0.444. The number of fused-ring (bicyclic) bond motifs is 3. The summed E-state index contributed by atoms with van der Waals surface area (Å²) in [5.74, 6) is 1.75. The number of aromatic amines is 1. The van der Waals surface area contributed by atoms with Crippen LogP contribution in [0, 0.1) is 11.8 Å². The fourth-order valence-corrected chi connectivity index (χ4v) is 5.83. The molecule has 6 rings (SSSR count). The molecular weight excluding hydrogens is 418 g/mol. The summed E-state index contributed by atoms with van der Waals surface area (Å²) in [6.45, 7) is 1.90. The van der Waals surface area contributed by atoms with Crippen molar-refractivity contribution in [1.82, 2.24) is 14.9 Å². The first-order valence-corrected chi connectivity index (χ1v) is 12.2. The Morgan fingerprint density at radius 1 is 1.12 bits per heavy atom. The van der Waals surface area contributed by atoms with Gasteiger partial charge in [-0.2, -0.15) is 0 Å². The number of benzene rings is 2. The third kappa shape index (κ3) is 4.36. The Labute approximate surface area is 195 Å². The number of hydrogen-bond acceptors (Lipinski definition) is 3. The summed E-state index contributed by atoms with van der Waals surface area (Å²) in [6.07, 6.45) is 8.33. The van der Waals surface area contributed by atoms with Gasteiger partial charge < -0.3 is 15.0 Å². The second-order valence-electron chi connectivity index (χ2n) is 9.65. The van der Waals surface area contributed by atoms with E-state index in [1.54, 1.807) is 0 Å². The number of nitrogens with zero attached hydrogens (tertiary/aromatic N) is 2. The number of aliphatic hydroxyl groups is 1. The lowest BCUT2D eigenvalue weighted by molar-refractivity contribution is -0.0574. The molecule has 2 bridgehead atoms. The number of aryl methyl sites for hydroxylation is 1. The molecule has 0 spiro atoms. The summed E-state index contributed by atoms with van der Waals surface area (Å²) in [4.78, 5) is 10.4. The molecule has 3 aromatic rings. The topological polar surface area (TPSA) is 52.2 Å². The maximum Gasteiger partial charge on any atom is 0.107 e. The molecule has 32 heavy (non-hydrogen) atoms. The van der Waals surface area contributed by atoms with Gasteiger partial charge >= 0.3 is 0 Å². The molecule has 1 saturated carbocycles. The predicted molar refractivity (Wildman–Crippen MR) is 132 cm³/mol. The Hall–Kier alpha value is -2.14. The predicted octanol–water partition coefficient (Wildman–Crippen LogP) is 5.72. The van der Waals surface area contributed by atoms with Gasteiger partial charge in [-0.3, -0.25) is 0 Å². The monoisotopic (exact) mass is 449 g/mol. The third-order valence-electron chi connectivity index (χ3n) is 7.44. The molecule has 168 valence electrons. The van der Waals surface area contributed by atoms with E-state index in [-0.39, 0.29) is 5.92 Å². The van der Waals surface area contributed by atoms with Gasteiger partial charge in [0.1, 0.15) is 11.3 Å². The van der Waals surface area contributed by atoms with Crippen molar-refractivity contribution in [2.45, 2.75) is 44.1 Å². The number of allylic oxidation sites excluding steroid dienone is 1. The first-order valence-electron chi connectivity index (χ1n) is 11.8. The highest BCUT2D eigenvalue weighted by Crippen LogP contribution is 2.51.